The van der Waals surface area contributed by atoms with Crippen LogP contribution in [0.1, 0.15) is 50.6 Å². The number of hydrogen-bond acceptors (Lipinski definition) is 2. The number of hydrogen-bond donors (Lipinski definition) is 1. The first-order valence-corrected chi connectivity index (χ1v) is 8.41. The van der Waals surface area contributed by atoms with E-state index >= 15 is 0 Å². The molecule has 1 aromatic rings. The van der Waals surface area contributed by atoms with Crippen LogP contribution in [0.5, 0.6) is 0 Å². The Morgan fingerprint density at radius 1 is 1.15 bits per heavy atom. The molecule has 1 N–H and O–H groups in total. The fourth-order valence-corrected chi connectivity index (χ4v) is 4.13. The van der Waals surface area contributed by atoms with Gasteiger partial charge in [0.05, 0.1) is 0 Å². The van der Waals surface area contributed by atoms with Gasteiger partial charge in [-0.05, 0) is 24.3 Å². The van der Waals surface area contributed by atoms with E-state index in [2.05, 4.69) is 47.5 Å². The maximum Gasteiger partial charge on any atom is 0.0449 e. The molecule has 2 aliphatic rings. The third-order valence-corrected chi connectivity index (χ3v) is 5.27. The van der Waals surface area contributed by atoms with Gasteiger partial charge in [0.1, 0.15) is 0 Å². The first kappa shape index (κ1) is 14.1. The van der Waals surface area contributed by atoms with Crippen molar-refractivity contribution in [2.24, 2.45) is 5.92 Å². The van der Waals surface area contributed by atoms with E-state index in [4.69, 9.17) is 0 Å². The van der Waals surface area contributed by atoms with E-state index in [-0.39, 0.29) is 0 Å². The molecular weight excluding hydrogens is 244 g/mol. The zero-order valence-electron chi connectivity index (χ0n) is 12.7. The normalized spacial score (nSPS) is 32.1. The topological polar surface area (TPSA) is 15.3 Å². The van der Waals surface area contributed by atoms with Crippen molar-refractivity contribution in [2.45, 2.75) is 51.1 Å². The molecule has 0 bridgehead atoms. The smallest absolute Gasteiger partial charge is 0.0449 e. The van der Waals surface area contributed by atoms with Gasteiger partial charge in [-0.25, -0.2) is 0 Å². The van der Waals surface area contributed by atoms with Crippen LogP contribution in [0.15, 0.2) is 30.3 Å². The minimum absolute atomic E-state index is 0.518. The molecule has 0 spiro atoms. The Labute approximate surface area is 123 Å². The lowest BCUT2D eigenvalue weighted by atomic mass is 9.81. The Bertz CT molecular complexity index is 403. The average Bonchev–Trinajstić information content (AvgIpc) is 2.56. The van der Waals surface area contributed by atoms with Crippen LogP contribution in [0.3, 0.4) is 0 Å². The van der Waals surface area contributed by atoms with Crippen molar-refractivity contribution >= 4 is 0 Å². The molecule has 0 amide bonds. The minimum Gasteiger partial charge on any atom is -0.308 e. The SMILES string of the molecule is CCC1CCCCC1N1CCNC(c2ccccc2)C1. The van der Waals surface area contributed by atoms with Crippen LogP contribution in [0.2, 0.25) is 0 Å². The summed E-state index contributed by atoms with van der Waals surface area (Å²) in [6.07, 6.45) is 7.09. The number of rotatable bonds is 3. The summed E-state index contributed by atoms with van der Waals surface area (Å²) in [4.78, 5) is 2.78. The van der Waals surface area contributed by atoms with E-state index in [0.717, 1.165) is 18.5 Å². The summed E-state index contributed by atoms with van der Waals surface area (Å²) in [6, 6.07) is 12.3. The van der Waals surface area contributed by atoms with Crippen molar-refractivity contribution in [1.82, 2.24) is 10.2 Å². The van der Waals surface area contributed by atoms with Gasteiger partial charge in [-0.1, -0.05) is 56.5 Å². The van der Waals surface area contributed by atoms with E-state index < -0.39 is 0 Å². The van der Waals surface area contributed by atoms with Gasteiger partial charge in [0, 0.05) is 31.7 Å². The Morgan fingerprint density at radius 3 is 2.75 bits per heavy atom. The quantitative estimate of drug-likeness (QED) is 0.904. The van der Waals surface area contributed by atoms with Gasteiger partial charge in [0.2, 0.25) is 0 Å². The summed E-state index contributed by atoms with van der Waals surface area (Å²) in [6.45, 7) is 5.92. The molecule has 3 atom stereocenters. The van der Waals surface area contributed by atoms with Gasteiger partial charge in [0.25, 0.3) is 0 Å². The van der Waals surface area contributed by atoms with Crippen LogP contribution in [0, 0.1) is 5.92 Å². The summed E-state index contributed by atoms with van der Waals surface area (Å²) >= 11 is 0. The van der Waals surface area contributed by atoms with E-state index in [9.17, 15) is 0 Å². The van der Waals surface area contributed by atoms with Crippen LogP contribution in [-0.2, 0) is 0 Å². The van der Waals surface area contributed by atoms with Crippen LogP contribution in [0.4, 0.5) is 0 Å². The van der Waals surface area contributed by atoms with Gasteiger partial charge in [-0.15, -0.1) is 0 Å². The van der Waals surface area contributed by atoms with Crippen molar-refractivity contribution in [3.05, 3.63) is 35.9 Å². The standard InChI is InChI=1S/C18H28N2/c1-2-15-8-6-7-11-18(15)20-13-12-19-17(14-20)16-9-4-3-5-10-16/h3-5,9-10,15,17-19H,2,6-8,11-14H2,1H3. The van der Waals surface area contributed by atoms with Crippen molar-refractivity contribution in [1.29, 1.82) is 0 Å². The third-order valence-electron chi connectivity index (χ3n) is 5.27. The molecule has 2 heteroatoms. The maximum atomic E-state index is 3.70. The first-order valence-electron chi connectivity index (χ1n) is 8.41. The Kier molecular flexibility index (Phi) is 4.74. The maximum absolute atomic E-state index is 3.70. The van der Waals surface area contributed by atoms with Crippen molar-refractivity contribution < 1.29 is 0 Å². The summed E-state index contributed by atoms with van der Waals surface area (Å²) in [7, 11) is 0. The first-order chi connectivity index (χ1) is 9.88. The van der Waals surface area contributed by atoms with Crippen LogP contribution in [0.25, 0.3) is 0 Å². The number of nitrogens with one attached hydrogen (secondary N) is 1. The van der Waals surface area contributed by atoms with Crippen molar-refractivity contribution in [3.8, 4) is 0 Å². The van der Waals surface area contributed by atoms with Gasteiger partial charge in [-0.3, -0.25) is 4.90 Å². The molecule has 2 fully saturated rings. The highest BCUT2D eigenvalue weighted by atomic mass is 15.2. The number of nitrogens with zero attached hydrogens (tertiary/aromatic N) is 1. The van der Waals surface area contributed by atoms with E-state index in [1.807, 2.05) is 0 Å². The lowest BCUT2D eigenvalue weighted by Gasteiger charge is -2.44. The zero-order valence-corrected chi connectivity index (χ0v) is 12.7. The van der Waals surface area contributed by atoms with Gasteiger partial charge >= 0.3 is 0 Å². The zero-order chi connectivity index (χ0) is 13.8. The Morgan fingerprint density at radius 2 is 1.95 bits per heavy atom. The highest BCUT2D eigenvalue weighted by Gasteiger charge is 2.32. The largest absolute Gasteiger partial charge is 0.308 e. The average molecular weight is 272 g/mol. The van der Waals surface area contributed by atoms with Gasteiger partial charge in [-0.2, -0.15) is 0 Å². The molecule has 110 valence electrons. The molecule has 0 radical (unpaired) electrons. The molecule has 20 heavy (non-hydrogen) atoms. The summed E-state index contributed by atoms with van der Waals surface area (Å²) < 4.78 is 0. The molecular formula is C18H28N2. The van der Waals surface area contributed by atoms with Crippen LogP contribution < -0.4 is 5.32 Å². The molecule has 1 saturated heterocycles. The fraction of sp³-hybridized carbons (Fsp3) is 0.667. The molecule has 1 heterocycles. The lowest BCUT2D eigenvalue weighted by molar-refractivity contribution is 0.0725. The third kappa shape index (κ3) is 3.07. The summed E-state index contributed by atoms with van der Waals surface area (Å²) in [5, 5.41) is 3.70. The summed E-state index contributed by atoms with van der Waals surface area (Å²) in [5.41, 5.74) is 1.45. The van der Waals surface area contributed by atoms with Crippen molar-refractivity contribution in [2.75, 3.05) is 19.6 Å². The summed E-state index contributed by atoms with van der Waals surface area (Å²) in [5.74, 6) is 0.929. The highest BCUT2D eigenvalue weighted by molar-refractivity contribution is 5.20. The van der Waals surface area contributed by atoms with Crippen LogP contribution in [-0.4, -0.2) is 30.6 Å². The molecule has 1 aliphatic heterocycles. The Balaban J connectivity index is 1.68. The number of piperazine rings is 1. The molecule has 3 rings (SSSR count). The monoisotopic (exact) mass is 272 g/mol. The molecule has 3 unspecified atom stereocenters. The van der Waals surface area contributed by atoms with Gasteiger partial charge < -0.3 is 5.32 Å². The lowest BCUT2D eigenvalue weighted by Crippen LogP contribution is -2.52. The molecule has 0 aromatic heterocycles. The predicted octanol–water partition coefficient (Wildman–Crippen LogP) is 3.60. The van der Waals surface area contributed by atoms with E-state index in [1.165, 1.54) is 50.8 Å². The molecule has 2 nitrogen and oxygen atoms in total. The van der Waals surface area contributed by atoms with Crippen molar-refractivity contribution in [3.63, 3.8) is 0 Å². The molecule has 1 saturated carbocycles. The second-order valence-corrected chi connectivity index (χ2v) is 6.43. The Hall–Kier alpha value is -0.860. The number of benzene rings is 1. The minimum atomic E-state index is 0.518. The van der Waals surface area contributed by atoms with E-state index in [1.54, 1.807) is 0 Å². The highest BCUT2D eigenvalue weighted by Crippen LogP contribution is 2.32. The predicted molar refractivity (Wildman–Crippen MR) is 84.8 cm³/mol. The van der Waals surface area contributed by atoms with E-state index in [0.29, 0.717) is 6.04 Å². The second-order valence-electron chi connectivity index (χ2n) is 6.43. The van der Waals surface area contributed by atoms with Gasteiger partial charge in [0.15, 0.2) is 0 Å². The molecule has 1 aromatic carbocycles. The van der Waals surface area contributed by atoms with Crippen LogP contribution >= 0.6 is 0 Å². The molecule has 1 aliphatic carbocycles. The fourth-order valence-electron chi connectivity index (χ4n) is 4.13. The second kappa shape index (κ2) is 6.73.